The van der Waals surface area contributed by atoms with E-state index in [1.807, 2.05) is 0 Å². The zero-order valence-electron chi connectivity index (χ0n) is 9.08. The van der Waals surface area contributed by atoms with Gasteiger partial charge < -0.3 is 9.57 Å². The quantitative estimate of drug-likeness (QED) is 0.482. The van der Waals surface area contributed by atoms with E-state index in [-0.39, 0.29) is 23.4 Å². The first kappa shape index (κ1) is 13.2. The van der Waals surface area contributed by atoms with Crippen molar-refractivity contribution in [3.05, 3.63) is 35.4 Å². The summed E-state index contributed by atoms with van der Waals surface area (Å²) in [6.07, 6.45) is -4.39. The van der Waals surface area contributed by atoms with E-state index in [4.69, 9.17) is 21.2 Å². The molecular weight excluding hydrogens is 271 g/mol. The Morgan fingerprint density at radius 2 is 2.22 bits per heavy atom. The molecule has 3 nitrogen and oxygen atoms in total. The molecule has 1 heterocycles. The zero-order chi connectivity index (χ0) is 13.2. The number of hydrogen-bond donors (Lipinski definition) is 0. The van der Waals surface area contributed by atoms with Gasteiger partial charge in [0.15, 0.2) is 5.17 Å². The van der Waals surface area contributed by atoms with Crippen molar-refractivity contribution in [1.82, 2.24) is 0 Å². The van der Waals surface area contributed by atoms with Crippen LogP contribution in [0, 0.1) is 0 Å². The van der Waals surface area contributed by atoms with Crippen LogP contribution in [0.15, 0.2) is 29.4 Å². The fourth-order valence-corrected chi connectivity index (χ4v) is 1.38. The van der Waals surface area contributed by atoms with Crippen molar-refractivity contribution >= 4 is 16.8 Å². The molecule has 1 aromatic rings. The summed E-state index contributed by atoms with van der Waals surface area (Å²) in [5, 5.41) is 3.41. The number of hydrogen-bond acceptors (Lipinski definition) is 3. The van der Waals surface area contributed by atoms with E-state index in [9.17, 15) is 13.2 Å². The number of oxime groups is 1. The van der Waals surface area contributed by atoms with E-state index in [2.05, 4.69) is 5.16 Å². The van der Waals surface area contributed by atoms with Gasteiger partial charge in [0.05, 0.1) is 12.2 Å². The Morgan fingerprint density at radius 1 is 1.50 bits per heavy atom. The van der Waals surface area contributed by atoms with Gasteiger partial charge >= 0.3 is 6.18 Å². The number of epoxide rings is 1. The van der Waals surface area contributed by atoms with Crippen molar-refractivity contribution in [2.24, 2.45) is 5.16 Å². The number of rotatable bonds is 4. The highest BCUT2D eigenvalue weighted by atomic mass is 35.5. The van der Waals surface area contributed by atoms with Crippen LogP contribution < -0.4 is 0 Å². The van der Waals surface area contributed by atoms with Crippen molar-refractivity contribution in [2.45, 2.75) is 12.3 Å². The fourth-order valence-electron chi connectivity index (χ4n) is 1.22. The largest absolute Gasteiger partial charge is 0.416 e. The molecule has 98 valence electrons. The number of halogens is 4. The summed E-state index contributed by atoms with van der Waals surface area (Å²) >= 11 is 5.75. The second-order valence-corrected chi connectivity index (χ2v) is 4.07. The highest BCUT2D eigenvalue weighted by Crippen LogP contribution is 2.29. The van der Waals surface area contributed by atoms with Crippen LogP contribution >= 0.6 is 11.6 Å². The lowest BCUT2D eigenvalue weighted by molar-refractivity contribution is -0.137. The molecule has 2 rings (SSSR count). The van der Waals surface area contributed by atoms with Crippen molar-refractivity contribution in [1.29, 1.82) is 0 Å². The smallest absolute Gasteiger partial charge is 0.392 e. The van der Waals surface area contributed by atoms with Crippen LogP contribution in [0.5, 0.6) is 0 Å². The summed E-state index contributed by atoms with van der Waals surface area (Å²) in [5.41, 5.74) is -0.623. The van der Waals surface area contributed by atoms with Gasteiger partial charge in [-0.15, -0.1) is 0 Å². The summed E-state index contributed by atoms with van der Waals surface area (Å²) in [7, 11) is 0. The fraction of sp³-hybridized carbons (Fsp3) is 0.364. The lowest BCUT2D eigenvalue weighted by Crippen LogP contribution is -2.06. The second-order valence-electron chi connectivity index (χ2n) is 3.71. The number of nitrogens with zero attached hydrogens (tertiary/aromatic N) is 1. The van der Waals surface area contributed by atoms with E-state index in [0.29, 0.717) is 6.61 Å². The maximum absolute atomic E-state index is 12.5. The maximum atomic E-state index is 12.5. The number of benzene rings is 1. The zero-order valence-corrected chi connectivity index (χ0v) is 9.83. The minimum Gasteiger partial charge on any atom is -0.392 e. The lowest BCUT2D eigenvalue weighted by Gasteiger charge is -2.07. The molecule has 1 unspecified atom stereocenters. The third-order valence-electron chi connectivity index (χ3n) is 2.24. The highest BCUT2D eigenvalue weighted by molar-refractivity contribution is 6.69. The van der Waals surface area contributed by atoms with Gasteiger partial charge in [0, 0.05) is 5.56 Å². The van der Waals surface area contributed by atoms with Gasteiger partial charge in [0.25, 0.3) is 0 Å². The van der Waals surface area contributed by atoms with Crippen LogP contribution in [0.3, 0.4) is 0 Å². The molecule has 1 saturated heterocycles. The predicted octanol–water partition coefficient (Wildman–Crippen LogP) is 3.02. The molecule has 7 heteroatoms. The average molecular weight is 280 g/mol. The first-order valence-electron chi connectivity index (χ1n) is 5.11. The van der Waals surface area contributed by atoms with Crippen LogP contribution in [0.2, 0.25) is 0 Å². The van der Waals surface area contributed by atoms with E-state index < -0.39 is 11.7 Å². The van der Waals surface area contributed by atoms with E-state index in [1.54, 1.807) is 0 Å². The Hall–Kier alpha value is -1.27. The topological polar surface area (TPSA) is 34.1 Å². The third kappa shape index (κ3) is 3.61. The molecule has 1 fully saturated rings. The number of ether oxygens (including phenoxy) is 1. The Kier molecular flexibility index (Phi) is 3.77. The van der Waals surface area contributed by atoms with Gasteiger partial charge in [0.1, 0.15) is 12.7 Å². The van der Waals surface area contributed by atoms with Crippen LogP contribution in [0.4, 0.5) is 13.2 Å². The molecule has 1 aliphatic rings. The Morgan fingerprint density at radius 3 is 2.83 bits per heavy atom. The third-order valence-corrected chi connectivity index (χ3v) is 2.52. The monoisotopic (exact) mass is 279 g/mol. The van der Waals surface area contributed by atoms with Crippen molar-refractivity contribution in [2.75, 3.05) is 13.2 Å². The molecule has 1 atom stereocenters. The first-order chi connectivity index (χ1) is 8.47. The van der Waals surface area contributed by atoms with Crippen LogP contribution in [-0.4, -0.2) is 24.5 Å². The second kappa shape index (κ2) is 5.16. The molecule has 1 aliphatic heterocycles. The molecule has 18 heavy (non-hydrogen) atoms. The molecule has 1 aromatic carbocycles. The molecule has 0 saturated carbocycles. The molecule has 0 amide bonds. The lowest BCUT2D eigenvalue weighted by atomic mass is 10.1. The first-order valence-corrected chi connectivity index (χ1v) is 5.49. The minimum absolute atomic E-state index is 0.0136. The standard InChI is InChI=1S/C11H9ClF3NO2/c12-10(16-18-6-9-5-17-9)7-2-1-3-8(4-7)11(13,14)15/h1-4,9H,5-6H2. The van der Waals surface area contributed by atoms with Crippen LogP contribution in [-0.2, 0) is 15.8 Å². The molecule has 0 radical (unpaired) electrons. The summed E-state index contributed by atoms with van der Waals surface area (Å²) in [6, 6.07) is 4.58. The summed E-state index contributed by atoms with van der Waals surface area (Å²) in [4.78, 5) is 4.85. The molecular formula is C11H9ClF3NO2. The van der Waals surface area contributed by atoms with Crippen molar-refractivity contribution in [3.63, 3.8) is 0 Å². The van der Waals surface area contributed by atoms with E-state index in [0.717, 1.165) is 12.1 Å². The van der Waals surface area contributed by atoms with Crippen LogP contribution in [0.1, 0.15) is 11.1 Å². The highest BCUT2D eigenvalue weighted by Gasteiger charge is 2.30. The van der Waals surface area contributed by atoms with E-state index in [1.165, 1.54) is 12.1 Å². The van der Waals surface area contributed by atoms with Crippen molar-refractivity contribution < 1.29 is 22.7 Å². The molecule has 0 N–H and O–H groups in total. The molecule has 0 aliphatic carbocycles. The normalized spacial score (nSPS) is 19.8. The van der Waals surface area contributed by atoms with Crippen LogP contribution in [0.25, 0.3) is 0 Å². The van der Waals surface area contributed by atoms with Gasteiger partial charge in [-0.25, -0.2) is 0 Å². The van der Waals surface area contributed by atoms with Gasteiger partial charge in [-0.05, 0) is 12.1 Å². The van der Waals surface area contributed by atoms with Gasteiger partial charge in [-0.1, -0.05) is 28.9 Å². The Labute approximate surface area is 106 Å². The number of alkyl halides is 3. The molecule has 0 bridgehead atoms. The van der Waals surface area contributed by atoms with Crippen molar-refractivity contribution in [3.8, 4) is 0 Å². The van der Waals surface area contributed by atoms with Gasteiger partial charge in [0.2, 0.25) is 0 Å². The SMILES string of the molecule is FC(F)(F)c1cccc(C(Cl)=NOCC2CO2)c1. The van der Waals surface area contributed by atoms with Gasteiger partial charge in [-0.2, -0.15) is 13.2 Å². The van der Waals surface area contributed by atoms with Gasteiger partial charge in [-0.3, -0.25) is 0 Å². The van der Waals surface area contributed by atoms with E-state index >= 15 is 0 Å². The predicted molar refractivity (Wildman–Crippen MR) is 59.5 cm³/mol. The molecule has 0 spiro atoms. The maximum Gasteiger partial charge on any atom is 0.416 e. The summed E-state index contributed by atoms with van der Waals surface area (Å²) < 4.78 is 42.3. The summed E-state index contributed by atoms with van der Waals surface area (Å²) in [5.74, 6) is 0. The average Bonchev–Trinajstić information content (AvgIpc) is 3.12. The minimum atomic E-state index is -4.41. The summed E-state index contributed by atoms with van der Waals surface area (Å²) in [6.45, 7) is 0.853. The molecule has 0 aromatic heterocycles. The Balaban J connectivity index is 2.06. The Bertz CT molecular complexity index is 458.